The number of hydrogen-bond acceptors (Lipinski definition) is 6. The van der Waals surface area contributed by atoms with E-state index in [9.17, 15) is 14.7 Å². The fraction of sp³-hybridized carbons (Fsp3) is 0.208. The zero-order valence-electron chi connectivity index (χ0n) is 18.2. The predicted octanol–water partition coefficient (Wildman–Crippen LogP) is 3.92. The van der Waals surface area contributed by atoms with Gasteiger partial charge in [-0.1, -0.05) is 18.2 Å². The molecule has 1 amide bonds. The molecule has 1 aliphatic heterocycles. The highest BCUT2D eigenvalue weighted by molar-refractivity contribution is 6.08. The third-order valence-electron chi connectivity index (χ3n) is 5.07. The predicted molar refractivity (Wildman–Crippen MR) is 123 cm³/mol. The molecule has 0 radical (unpaired) electrons. The van der Waals surface area contributed by atoms with E-state index in [1.54, 1.807) is 35.0 Å². The molecule has 0 bridgehead atoms. The molecule has 3 N–H and O–H groups in total. The zero-order chi connectivity index (χ0) is 23.4. The number of hydrogen-bond donors (Lipinski definition) is 3. The minimum atomic E-state index is -1.14. The standard InChI is InChI=1S/C24H24N4O5/c1-3-32-16-11-9-15(10-12-16)26-23(29)18-14-25-28-20(13-19(24(30)31)27-22(18)28)17-7-5-6-8-21(17)33-4-2/h5-14,20,27H,3-4H2,1-2H3,(H,26,29)(H,30,31)/t20-/m0/s1. The average molecular weight is 448 g/mol. The van der Waals surface area contributed by atoms with E-state index in [2.05, 4.69) is 15.7 Å². The van der Waals surface area contributed by atoms with Gasteiger partial charge in [0.15, 0.2) is 0 Å². The Morgan fingerprint density at radius 2 is 1.82 bits per heavy atom. The molecule has 0 unspecified atom stereocenters. The van der Waals surface area contributed by atoms with Gasteiger partial charge in [0.25, 0.3) is 5.91 Å². The summed E-state index contributed by atoms with van der Waals surface area (Å²) in [7, 11) is 0. The van der Waals surface area contributed by atoms with Crippen LogP contribution in [0.4, 0.5) is 11.5 Å². The van der Waals surface area contributed by atoms with E-state index < -0.39 is 17.9 Å². The van der Waals surface area contributed by atoms with Crippen molar-refractivity contribution < 1.29 is 24.2 Å². The number of aliphatic carboxylic acids is 1. The van der Waals surface area contributed by atoms with E-state index in [4.69, 9.17) is 9.47 Å². The van der Waals surface area contributed by atoms with Gasteiger partial charge in [0, 0.05) is 11.3 Å². The van der Waals surface area contributed by atoms with Crippen LogP contribution in [0.15, 0.2) is 66.5 Å². The van der Waals surface area contributed by atoms with Crippen LogP contribution in [0.5, 0.6) is 11.5 Å². The second-order valence-corrected chi connectivity index (χ2v) is 7.19. The van der Waals surface area contributed by atoms with Gasteiger partial charge in [-0.05, 0) is 50.3 Å². The Hall–Kier alpha value is -4.27. The summed E-state index contributed by atoms with van der Waals surface area (Å²) < 4.78 is 12.7. The highest BCUT2D eigenvalue weighted by atomic mass is 16.5. The van der Waals surface area contributed by atoms with Gasteiger partial charge in [0.05, 0.1) is 19.4 Å². The van der Waals surface area contributed by atoms with Gasteiger partial charge in [-0.2, -0.15) is 5.10 Å². The number of nitrogens with one attached hydrogen (secondary N) is 2. The molecule has 1 atom stereocenters. The van der Waals surface area contributed by atoms with Crippen LogP contribution in [0, 0.1) is 0 Å². The van der Waals surface area contributed by atoms with Gasteiger partial charge in [0.2, 0.25) is 0 Å². The van der Waals surface area contributed by atoms with E-state index in [1.165, 1.54) is 6.20 Å². The van der Waals surface area contributed by atoms with Crippen molar-refractivity contribution in [2.24, 2.45) is 0 Å². The molecule has 2 heterocycles. The summed E-state index contributed by atoms with van der Waals surface area (Å²) in [4.78, 5) is 24.8. The average Bonchev–Trinajstić information content (AvgIpc) is 3.25. The van der Waals surface area contributed by atoms with Gasteiger partial charge < -0.3 is 25.2 Å². The molecular weight excluding hydrogens is 424 g/mol. The van der Waals surface area contributed by atoms with Crippen molar-refractivity contribution in [3.8, 4) is 11.5 Å². The number of fused-ring (bicyclic) bond motifs is 1. The lowest BCUT2D eigenvalue weighted by Gasteiger charge is -2.25. The lowest BCUT2D eigenvalue weighted by molar-refractivity contribution is -0.132. The molecule has 0 spiro atoms. The first-order valence-corrected chi connectivity index (χ1v) is 10.6. The molecule has 2 aromatic carbocycles. The van der Waals surface area contributed by atoms with Crippen molar-refractivity contribution in [2.75, 3.05) is 23.8 Å². The Labute approximate surface area is 190 Å². The molecule has 3 aromatic rings. The quantitative estimate of drug-likeness (QED) is 0.478. The first-order valence-electron chi connectivity index (χ1n) is 10.6. The molecule has 170 valence electrons. The number of carboxylic acids is 1. The van der Waals surface area contributed by atoms with Gasteiger partial charge in [-0.25, -0.2) is 9.48 Å². The molecule has 0 fully saturated rings. The lowest BCUT2D eigenvalue weighted by Crippen LogP contribution is -2.26. The number of allylic oxidation sites excluding steroid dienone is 1. The molecule has 0 aliphatic carbocycles. The first kappa shape index (κ1) is 21.9. The number of anilines is 2. The third-order valence-corrected chi connectivity index (χ3v) is 5.07. The highest BCUT2D eigenvalue weighted by Crippen LogP contribution is 2.36. The third kappa shape index (κ3) is 4.52. The smallest absolute Gasteiger partial charge is 0.352 e. The summed E-state index contributed by atoms with van der Waals surface area (Å²) in [5.74, 6) is 0.0482. The number of amides is 1. The zero-order valence-corrected chi connectivity index (χ0v) is 18.2. The van der Waals surface area contributed by atoms with Crippen LogP contribution in [-0.2, 0) is 4.79 Å². The maximum atomic E-state index is 13.0. The fourth-order valence-electron chi connectivity index (χ4n) is 3.62. The molecule has 1 aliphatic rings. The van der Waals surface area contributed by atoms with Crippen molar-refractivity contribution in [3.05, 3.63) is 77.6 Å². The molecule has 1 aromatic heterocycles. The van der Waals surface area contributed by atoms with Crippen LogP contribution in [0.25, 0.3) is 0 Å². The molecule has 9 heteroatoms. The molecule has 9 nitrogen and oxygen atoms in total. The highest BCUT2D eigenvalue weighted by Gasteiger charge is 2.30. The number of carbonyl (C=O) groups is 2. The summed E-state index contributed by atoms with van der Waals surface area (Å²) >= 11 is 0. The van der Waals surface area contributed by atoms with Crippen LogP contribution in [0.2, 0.25) is 0 Å². The number of carboxylic acid groups (broad SMARTS) is 1. The number of para-hydroxylation sites is 1. The second-order valence-electron chi connectivity index (χ2n) is 7.19. The van der Waals surface area contributed by atoms with Crippen LogP contribution < -0.4 is 20.1 Å². The van der Waals surface area contributed by atoms with Crippen LogP contribution in [0.1, 0.15) is 35.8 Å². The van der Waals surface area contributed by atoms with Gasteiger partial charge in [-0.15, -0.1) is 0 Å². The van der Waals surface area contributed by atoms with Gasteiger partial charge >= 0.3 is 5.97 Å². The topological polar surface area (TPSA) is 115 Å². The molecular formula is C24H24N4O5. The monoisotopic (exact) mass is 448 g/mol. The summed E-state index contributed by atoms with van der Waals surface area (Å²) in [6.07, 6.45) is 2.97. The van der Waals surface area contributed by atoms with Crippen molar-refractivity contribution in [1.82, 2.24) is 9.78 Å². The summed E-state index contributed by atoms with van der Waals surface area (Å²) in [6, 6.07) is 13.8. The Morgan fingerprint density at radius 1 is 1.09 bits per heavy atom. The number of rotatable bonds is 8. The van der Waals surface area contributed by atoms with Crippen LogP contribution >= 0.6 is 0 Å². The number of benzene rings is 2. The van der Waals surface area contributed by atoms with E-state index in [0.717, 1.165) is 5.56 Å². The Balaban J connectivity index is 1.67. The van der Waals surface area contributed by atoms with Gasteiger partial charge in [0.1, 0.15) is 34.6 Å². The maximum Gasteiger partial charge on any atom is 0.352 e. The molecule has 0 saturated heterocycles. The molecule has 0 saturated carbocycles. The Kier molecular flexibility index (Phi) is 6.30. The van der Waals surface area contributed by atoms with Crippen molar-refractivity contribution in [3.63, 3.8) is 0 Å². The molecule has 33 heavy (non-hydrogen) atoms. The fourth-order valence-corrected chi connectivity index (χ4v) is 3.62. The summed E-state index contributed by atoms with van der Waals surface area (Å²) in [5.41, 5.74) is 1.48. The van der Waals surface area contributed by atoms with Crippen molar-refractivity contribution >= 4 is 23.4 Å². The maximum absolute atomic E-state index is 13.0. The summed E-state index contributed by atoms with van der Waals surface area (Å²) in [5, 5.41) is 19.7. The normalized spacial score (nSPS) is 14.5. The number of aromatic nitrogens is 2. The van der Waals surface area contributed by atoms with E-state index in [1.807, 2.05) is 38.1 Å². The minimum absolute atomic E-state index is 0.0468. The number of nitrogens with zero attached hydrogens (tertiary/aromatic N) is 2. The number of carbonyl (C=O) groups excluding carboxylic acids is 1. The number of ether oxygens (including phenoxy) is 2. The van der Waals surface area contributed by atoms with Crippen LogP contribution in [0.3, 0.4) is 0 Å². The van der Waals surface area contributed by atoms with E-state index in [0.29, 0.717) is 30.4 Å². The van der Waals surface area contributed by atoms with E-state index in [-0.39, 0.29) is 17.1 Å². The lowest BCUT2D eigenvalue weighted by atomic mass is 10.0. The first-order chi connectivity index (χ1) is 16.0. The van der Waals surface area contributed by atoms with Crippen molar-refractivity contribution in [1.29, 1.82) is 0 Å². The summed E-state index contributed by atoms with van der Waals surface area (Å²) in [6.45, 7) is 4.78. The Bertz CT molecular complexity index is 1200. The van der Waals surface area contributed by atoms with Crippen molar-refractivity contribution in [2.45, 2.75) is 19.9 Å². The van der Waals surface area contributed by atoms with Crippen LogP contribution in [-0.4, -0.2) is 40.0 Å². The molecule has 4 rings (SSSR count). The Morgan fingerprint density at radius 3 is 2.52 bits per heavy atom. The van der Waals surface area contributed by atoms with Gasteiger partial charge in [-0.3, -0.25) is 4.79 Å². The minimum Gasteiger partial charge on any atom is -0.494 e. The largest absolute Gasteiger partial charge is 0.494 e. The second kappa shape index (κ2) is 9.47. The SMILES string of the molecule is CCOc1ccc(NC(=O)c2cnn3c2NC(C(=O)O)=C[C@H]3c2ccccc2OCC)cc1. The van der Waals surface area contributed by atoms with E-state index >= 15 is 0 Å².